The summed E-state index contributed by atoms with van der Waals surface area (Å²) >= 11 is 5.98. The molecular weight excluding hydrogens is 258 g/mol. The number of imide groups is 1. The first-order valence-corrected chi connectivity index (χ1v) is 5.73. The molecule has 18 heavy (non-hydrogen) atoms. The molecule has 5 nitrogen and oxygen atoms in total. The molecular formula is C12H10ClNO4. The number of hydrogen-bond donors (Lipinski definition) is 2. The maximum Gasteiger partial charge on any atom is 0.335 e. The minimum atomic E-state index is -1.08. The van der Waals surface area contributed by atoms with Crippen LogP contribution >= 0.6 is 11.6 Å². The van der Waals surface area contributed by atoms with Gasteiger partial charge in [0.1, 0.15) is 0 Å². The number of rotatable bonds is 2. The number of carboxylic acid groups (broad SMARTS) is 1. The van der Waals surface area contributed by atoms with Gasteiger partial charge in [-0.25, -0.2) is 4.79 Å². The largest absolute Gasteiger partial charge is 0.478 e. The lowest BCUT2D eigenvalue weighted by molar-refractivity contribution is -0.134. The molecule has 2 amide bonds. The van der Waals surface area contributed by atoms with E-state index in [0.29, 0.717) is 17.0 Å². The third-order valence-electron chi connectivity index (χ3n) is 2.86. The van der Waals surface area contributed by atoms with Gasteiger partial charge in [-0.1, -0.05) is 11.6 Å². The standard InChI is InChI=1S/C12H10ClNO4/c13-9-3-1-6(12(17)18)5-8(9)7-2-4-10(15)14-11(7)16/h1,3,5,7H,2,4H2,(H,17,18)(H,14,15,16). The van der Waals surface area contributed by atoms with E-state index in [1.54, 1.807) is 0 Å². The molecule has 1 aromatic rings. The zero-order chi connectivity index (χ0) is 13.3. The predicted octanol–water partition coefficient (Wildman–Crippen LogP) is 1.56. The predicted molar refractivity (Wildman–Crippen MR) is 63.5 cm³/mol. The van der Waals surface area contributed by atoms with Crippen molar-refractivity contribution in [2.75, 3.05) is 0 Å². The summed E-state index contributed by atoms with van der Waals surface area (Å²) in [5.74, 6) is -2.41. The van der Waals surface area contributed by atoms with Gasteiger partial charge in [-0.2, -0.15) is 0 Å². The van der Waals surface area contributed by atoms with Crippen molar-refractivity contribution in [2.45, 2.75) is 18.8 Å². The second-order valence-corrected chi connectivity index (χ2v) is 4.45. The zero-order valence-electron chi connectivity index (χ0n) is 9.27. The van der Waals surface area contributed by atoms with Crippen molar-refractivity contribution in [1.29, 1.82) is 0 Å². The Morgan fingerprint density at radius 3 is 2.72 bits per heavy atom. The molecule has 2 rings (SSSR count). The van der Waals surface area contributed by atoms with Crippen LogP contribution in [0, 0.1) is 0 Å². The molecule has 2 N–H and O–H groups in total. The zero-order valence-corrected chi connectivity index (χ0v) is 10.0. The molecule has 6 heteroatoms. The lowest BCUT2D eigenvalue weighted by Crippen LogP contribution is -2.39. The molecule has 1 heterocycles. The molecule has 0 aliphatic carbocycles. The number of carbonyl (C=O) groups excluding carboxylic acids is 2. The minimum Gasteiger partial charge on any atom is -0.478 e. The van der Waals surface area contributed by atoms with E-state index in [0.717, 1.165) is 0 Å². The molecule has 0 radical (unpaired) electrons. The molecule has 1 aliphatic heterocycles. The van der Waals surface area contributed by atoms with Gasteiger partial charge in [-0.15, -0.1) is 0 Å². The van der Waals surface area contributed by atoms with E-state index in [9.17, 15) is 14.4 Å². The van der Waals surface area contributed by atoms with Crippen molar-refractivity contribution < 1.29 is 19.5 Å². The first-order valence-electron chi connectivity index (χ1n) is 5.35. The van der Waals surface area contributed by atoms with Crippen LogP contribution in [0.5, 0.6) is 0 Å². The summed E-state index contributed by atoms with van der Waals surface area (Å²) < 4.78 is 0. The lowest BCUT2D eigenvalue weighted by Gasteiger charge is -2.22. The quantitative estimate of drug-likeness (QED) is 0.797. The van der Waals surface area contributed by atoms with Gasteiger partial charge < -0.3 is 5.11 Å². The van der Waals surface area contributed by atoms with E-state index >= 15 is 0 Å². The van der Waals surface area contributed by atoms with E-state index in [-0.39, 0.29) is 17.9 Å². The second-order valence-electron chi connectivity index (χ2n) is 4.05. The summed E-state index contributed by atoms with van der Waals surface area (Å²) in [6.07, 6.45) is 0.567. The van der Waals surface area contributed by atoms with Crippen molar-refractivity contribution in [2.24, 2.45) is 0 Å². The van der Waals surface area contributed by atoms with Gasteiger partial charge in [0.15, 0.2) is 0 Å². The third kappa shape index (κ3) is 2.36. The van der Waals surface area contributed by atoms with Crippen LogP contribution in [0.25, 0.3) is 0 Å². The Morgan fingerprint density at radius 2 is 2.11 bits per heavy atom. The molecule has 1 unspecified atom stereocenters. The van der Waals surface area contributed by atoms with Crippen molar-refractivity contribution in [3.8, 4) is 0 Å². The van der Waals surface area contributed by atoms with Crippen LogP contribution in [0.4, 0.5) is 0 Å². The molecule has 0 spiro atoms. The number of benzene rings is 1. The fraction of sp³-hybridized carbons (Fsp3) is 0.250. The van der Waals surface area contributed by atoms with Gasteiger partial charge in [0, 0.05) is 11.4 Å². The lowest BCUT2D eigenvalue weighted by atomic mass is 9.89. The smallest absolute Gasteiger partial charge is 0.335 e. The number of hydrogen-bond acceptors (Lipinski definition) is 3. The van der Waals surface area contributed by atoms with Gasteiger partial charge in [0.2, 0.25) is 11.8 Å². The fourth-order valence-corrected chi connectivity index (χ4v) is 2.18. The van der Waals surface area contributed by atoms with Gasteiger partial charge in [0.25, 0.3) is 0 Å². The van der Waals surface area contributed by atoms with Gasteiger partial charge in [0.05, 0.1) is 11.5 Å². The number of amides is 2. The number of piperidine rings is 1. The van der Waals surface area contributed by atoms with Gasteiger partial charge in [-0.05, 0) is 30.2 Å². The molecule has 1 atom stereocenters. The summed E-state index contributed by atoms with van der Waals surface area (Å²) in [6, 6.07) is 4.20. The SMILES string of the molecule is O=C1CCC(c2cc(C(=O)O)ccc2Cl)C(=O)N1. The van der Waals surface area contributed by atoms with E-state index in [1.807, 2.05) is 0 Å². The van der Waals surface area contributed by atoms with Crippen LogP contribution in [0.3, 0.4) is 0 Å². The van der Waals surface area contributed by atoms with Crippen molar-refractivity contribution >= 4 is 29.4 Å². The molecule has 1 saturated heterocycles. The Kier molecular flexibility index (Phi) is 3.34. The number of nitrogens with one attached hydrogen (secondary N) is 1. The summed E-state index contributed by atoms with van der Waals surface area (Å²) in [4.78, 5) is 33.6. The summed E-state index contributed by atoms with van der Waals surface area (Å²) in [5, 5.41) is 11.5. The minimum absolute atomic E-state index is 0.0686. The van der Waals surface area contributed by atoms with Gasteiger partial charge in [-0.3, -0.25) is 14.9 Å². The highest BCUT2D eigenvalue weighted by molar-refractivity contribution is 6.31. The van der Waals surface area contributed by atoms with E-state index < -0.39 is 17.8 Å². The van der Waals surface area contributed by atoms with E-state index in [2.05, 4.69) is 5.32 Å². The number of carbonyl (C=O) groups is 3. The summed E-state index contributed by atoms with van der Waals surface area (Å²) in [7, 11) is 0. The normalized spacial score (nSPS) is 19.5. The Morgan fingerprint density at radius 1 is 1.39 bits per heavy atom. The second kappa shape index (κ2) is 4.78. The van der Waals surface area contributed by atoms with Crippen molar-refractivity contribution in [1.82, 2.24) is 5.32 Å². The van der Waals surface area contributed by atoms with Crippen LogP contribution in [-0.4, -0.2) is 22.9 Å². The molecule has 1 aromatic carbocycles. The first kappa shape index (κ1) is 12.6. The van der Waals surface area contributed by atoms with Gasteiger partial charge >= 0.3 is 5.97 Å². The van der Waals surface area contributed by atoms with Crippen LogP contribution < -0.4 is 5.32 Å². The average Bonchev–Trinajstić information content (AvgIpc) is 2.30. The monoisotopic (exact) mass is 267 g/mol. The Labute approximate surface area is 108 Å². The van der Waals surface area contributed by atoms with E-state index in [4.69, 9.17) is 16.7 Å². The van der Waals surface area contributed by atoms with Crippen molar-refractivity contribution in [3.05, 3.63) is 34.3 Å². The third-order valence-corrected chi connectivity index (χ3v) is 3.20. The number of aromatic carboxylic acids is 1. The number of halogens is 1. The van der Waals surface area contributed by atoms with Crippen LogP contribution in [0.1, 0.15) is 34.7 Å². The Hall–Kier alpha value is -1.88. The highest BCUT2D eigenvalue weighted by Gasteiger charge is 2.29. The van der Waals surface area contributed by atoms with Crippen molar-refractivity contribution in [3.63, 3.8) is 0 Å². The Bertz CT molecular complexity index is 541. The molecule has 0 bridgehead atoms. The van der Waals surface area contributed by atoms with E-state index in [1.165, 1.54) is 18.2 Å². The highest BCUT2D eigenvalue weighted by Crippen LogP contribution is 2.31. The van der Waals surface area contributed by atoms with Crippen LogP contribution in [0.2, 0.25) is 5.02 Å². The molecule has 0 saturated carbocycles. The number of carboxylic acids is 1. The summed E-state index contributed by atoms with van der Waals surface area (Å²) in [6.45, 7) is 0. The Balaban J connectivity index is 2.38. The highest BCUT2D eigenvalue weighted by atomic mass is 35.5. The molecule has 1 fully saturated rings. The summed E-state index contributed by atoms with van der Waals surface area (Å²) in [5.41, 5.74) is 0.515. The van der Waals surface area contributed by atoms with Crippen LogP contribution in [0.15, 0.2) is 18.2 Å². The molecule has 0 aromatic heterocycles. The molecule has 1 aliphatic rings. The maximum absolute atomic E-state index is 11.7. The fourth-order valence-electron chi connectivity index (χ4n) is 1.93. The topological polar surface area (TPSA) is 83.5 Å². The van der Waals surface area contributed by atoms with Crippen LogP contribution in [-0.2, 0) is 9.59 Å². The first-order chi connectivity index (χ1) is 8.49. The average molecular weight is 268 g/mol. The molecule has 94 valence electrons. The maximum atomic E-state index is 11.7.